The second-order valence-corrected chi connectivity index (χ2v) is 3.74. The van der Waals surface area contributed by atoms with Crippen molar-refractivity contribution in [1.29, 1.82) is 0 Å². The zero-order valence-electron chi connectivity index (χ0n) is 8.04. The lowest BCUT2D eigenvalue weighted by atomic mass is 10.1. The predicted octanol–water partition coefficient (Wildman–Crippen LogP) is 1.38. The molecule has 0 fully saturated rings. The highest BCUT2D eigenvalue weighted by Crippen LogP contribution is 2.03. The first-order chi connectivity index (χ1) is 5.97. The Balaban J connectivity index is 3.89. The number of nitrogens with zero attached hydrogens (tertiary/aromatic N) is 1. The van der Waals surface area contributed by atoms with Crippen molar-refractivity contribution < 1.29 is 12.7 Å². The van der Waals surface area contributed by atoms with Crippen LogP contribution in [0.3, 0.4) is 0 Å². The molecule has 0 aromatic carbocycles. The van der Waals surface area contributed by atoms with Gasteiger partial charge in [0.1, 0.15) is 6.54 Å². The largest absolute Gasteiger partial charge is 0.393 e. The lowest BCUT2D eigenvalue weighted by Gasteiger charge is -2.16. The van der Waals surface area contributed by atoms with E-state index in [4.69, 9.17) is 0 Å². The summed E-state index contributed by atoms with van der Waals surface area (Å²) in [4.78, 5) is 23.5. The van der Waals surface area contributed by atoms with E-state index in [1.54, 1.807) is 7.05 Å². The van der Waals surface area contributed by atoms with E-state index in [1.165, 1.54) is 27.9 Å². The Kier molecular flexibility index (Phi) is 6.02. The lowest BCUT2D eigenvalue weighted by Crippen LogP contribution is -2.32. The van der Waals surface area contributed by atoms with E-state index in [0.29, 0.717) is 12.3 Å². The summed E-state index contributed by atoms with van der Waals surface area (Å²) in [7, 11) is 1.60. The van der Waals surface area contributed by atoms with Crippen molar-refractivity contribution in [3.8, 4) is 0 Å². The first-order valence-electron chi connectivity index (χ1n) is 4.02. The number of rotatable bonds is 4. The lowest BCUT2D eigenvalue weighted by molar-refractivity contribution is -0.140. The summed E-state index contributed by atoms with van der Waals surface area (Å²) in [5, 5.41) is 0. The van der Waals surface area contributed by atoms with Crippen molar-refractivity contribution in [3.63, 3.8) is 0 Å². The second-order valence-electron chi connectivity index (χ2n) is 3.30. The molecule has 0 aromatic rings. The highest BCUT2D eigenvalue weighted by Gasteiger charge is 2.14. The van der Waals surface area contributed by atoms with Gasteiger partial charge in [0, 0.05) is 13.5 Å². The van der Waals surface area contributed by atoms with Crippen LogP contribution in [0.2, 0.25) is 0 Å². The van der Waals surface area contributed by atoms with Crippen LogP contribution in [-0.4, -0.2) is 30.4 Å². The molecule has 0 atom stereocenters. The highest BCUT2D eigenvalue weighted by molar-refractivity contribution is 14.1. The van der Waals surface area contributed by atoms with Crippen LogP contribution in [0, 0.1) is 5.92 Å². The van der Waals surface area contributed by atoms with Gasteiger partial charge in [0.2, 0.25) is 5.91 Å². The topological polar surface area (TPSA) is 46.6 Å². The van der Waals surface area contributed by atoms with E-state index in [9.17, 15) is 9.59 Å². The van der Waals surface area contributed by atoms with Crippen LogP contribution in [0.15, 0.2) is 0 Å². The Hall–Kier alpha value is -0.330. The average molecular weight is 299 g/mol. The molecule has 1 amide bonds. The van der Waals surface area contributed by atoms with Gasteiger partial charge in [-0.2, -0.15) is 0 Å². The zero-order valence-corrected chi connectivity index (χ0v) is 10.2. The van der Waals surface area contributed by atoms with Gasteiger partial charge < -0.3 is 7.97 Å². The van der Waals surface area contributed by atoms with Gasteiger partial charge in [-0.05, 0) is 5.92 Å². The Labute approximate surface area is 92.3 Å². The maximum absolute atomic E-state index is 11.3. The zero-order chi connectivity index (χ0) is 10.4. The van der Waals surface area contributed by atoms with E-state index in [0.717, 1.165) is 0 Å². The van der Waals surface area contributed by atoms with Crippen molar-refractivity contribution in [2.75, 3.05) is 13.6 Å². The molecule has 0 aliphatic carbocycles. The molecule has 13 heavy (non-hydrogen) atoms. The van der Waals surface area contributed by atoms with Crippen LogP contribution in [0.5, 0.6) is 0 Å². The van der Waals surface area contributed by atoms with E-state index in [1.807, 2.05) is 13.8 Å². The molecular formula is C8H14INO3. The first kappa shape index (κ1) is 12.7. The van der Waals surface area contributed by atoms with Crippen molar-refractivity contribution >= 4 is 34.9 Å². The molecule has 5 heteroatoms. The molecule has 0 aliphatic rings. The van der Waals surface area contributed by atoms with Gasteiger partial charge in [-0.15, -0.1) is 0 Å². The molecule has 0 heterocycles. The van der Waals surface area contributed by atoms with Crippen LogP contribution in [0.1, 0.15) is 20.3 Å². The van der Waals surface area contributed by atoms with Gasteiger partial charge in [-0.3, -0.25) is 4.79 Å². The van der Waals surface area contributed by atoms with Crippen LogP contribution >= 0.6 is 23.0 Å². The molecule has 0 radical (unpaired) electrons. The Morgan fingerprint density at radius 3 is 2.38 bits per heavy atom. The van der Waals surface area contributed by atoms with Gasteiger partial charge in [0.05, 0.1) is 0 Å². The maximum Gasteiger partial charge on any atom is 0.335 e. The fourth-order valence-electron chi connectivity index (χ4n) is 0.811. The van der Waals surface area contributed by atoms with E-state index in [-0.39, 0.29) is 12.5 Å². The van der Waals surface area contributed by atoms with Crippen LogP contribution in [-0.2, 0) is 12.7 Å². The van der Waals surface area contributed by atoms with E-state index < -0.39 is 5.97 Å². The molecule has 0 aromatic heterocycles. The molecule has 0 N–H and O–H groups in total. The number of halogens is 1. The molecule has 0 spiro atoms. The minimum atomic E-state index is -0.403. The number of carbonyl (C=O) groups is 2. The third-order valence-corrected chi connectivity index (χ3v) is 1.95. The van der Waals surface area contributed by atoms with E-state index in [2.05, 4.69) is 3.07 Å². The molecule has 0 unspecified atom stereocenters. The Morgan fingerprint density at radius 2 is 2.00 bits per heavy atom. The third-order valence-electron chi connectivity index (χ3n) is 1.46. The number of carbonyl (C=O) groups excluding carboxylic acids is 2. The van der Waals surface area contributed by atoms with E-state index >= 15 is 0 Å². The fourth-order valence-corrected chi connectivity index (χ4v) is 0.951. The molecule has 0 bridgehead atoms. The number of hydrogen-bond acceptors (Lipinski definition) is 3. The Bertz CT molecular complexity index is 194. The second kappa shape index (κ2) is 6.17. The highest BCUT2D eigenvalue weighted by atomic mass is 127. The van der Waals surface area contributed by atoms with Gasteiger partial charge in [0.25, 0.3) is 0 Å². The van der Waals surface area contributed by atoms with Crippen LogP contribution in [0.4, 0.5) is 0 Å². The standard InChI is InChI=1S/C8H14INO3/c1-6(2)4-7(11)10(3)5-8(12)13-9/h6H,4-5H2,1-3H3. The van der Waals surface area contributed by atoms with Crippen molar-refractivity contribution in [1.82, 2.24) is 4.90 Å². The summed E-state index contributed by atoms with van der Waals surface area (Å²) in [6.45, 7) is 3.94. The Morgan fingerprint density at radius 1 is 1.46 bits per heavy atom. The van der Waals surface area contributed by atoms with Crippen LogP contribution < -0.4 is 0 Å². The quantitative estimate of drug-likeness (QED) is 0.737. The van der Waals surface area contributed by atoms with Gasteiger partial charge in [0.15, 0.2) is 23.0 Å². The molecule has 76 valence electrons. The van der Waals surface area contributed by atoms with Gasteiger partial charge in [-0.25, -0.2) is 4.79 Å². The molecule has 0 rings (SSSR count). The average Bonchev–Trinajstić information content (AvgIpc) is 2.02. The molecular weight excluding hydrogens is 285 g/mol. The fraction of sp³-hybridized carbons (Fsp3) is 0.750. The molecule has 0 saturated heterocycles. The molecule has 0 aliphatic heterocycles. The summed E-state index contributed by atoms with van der Waals surface area (Å²) in [5.41, 5.74) is 0. The third kappa shape index (κ3) is 5.84. The summed E-state index contributed by atoms with van der Waals surface area (Å²) in [5.74, 6) is -0.123. The number of likely N-dealkylation sites (N-methyl/N-ethyl adjacent to an activating group) is 1. The van der Waals surface area contributed by atoms with Gasteiger partial charge in [-0.1, -0.05) is 13.8 Å². The predicted molar refractivity (Wildman–Crippen MR) is 57.2 cm³/mol. The summed E-state index contributed by atoms with van der Waals surface area (Å²) >= 11 is 1.51. The molecule has 4 nitrogen and oxygen atoms in total. The molecule has 0 saturated carbocycles. The monoisotopic (exact) mass is 299 g/mol. The summed E-state index contributed by atoms with van der Waals surface area (Å²) < 4.78 is 4.41. The summed E-state index contributed by atoms with van der Waals surface area (Å²) in [6.07, 6.45) is 0.463. The maximum atomic E-state index is 11.3. The number of amides is 1. The minimum Gasteiger partial charge on any atom is -0.393 e. The SMILES string of the molecule is CC(C)CC(=O)N(C)CC(=O)OI. The minimum absolute atomic E-state index is 0.0223. The van der Waals surface area contributed by atoms with Gasteiger partial charge >= 0.3 is 5.97 Å². The smallest absolute Gasteiger partial charge is 0.335 e. The van der Waals surface area contributed by atoms with Crippen molar-refractivity contribution in [3.05, 3.63) is 0 Å². The van der Waals surface area contributed by atoms with Crippen molar-refractivity contribution in [2.24, 2.45) is 5.92 Å². The van der Waals surface area contributed by atoms with Crippen LogP contribution in [0.25, 0.3) is 0 Å². The van der Waals surface area contributed by atoms with Crippen molar-refractivity contribution in [2.45, 2.75) is 20.3 Å². The summed E-state index contributed by atoms with van der Waals surface area (Å²) in [6, 6.07) is 0. The normalized spacial score (nSPS) is 9.92. The number of hydrogen-bond donors (Lipinski definition) is 0. The first-order valence-corrected chi connectivity index (χ1v) is 4.90.